The molecule has 0 fully saturated rings. The van der Waals surface area contributed by atoms with E-state index >= 15 is 0 Å². The summed E-state index contributed by atoms with van der Waals surface area (Å²) in [5, 5.41) is 15.9. The van der Waals surface area contributed by atoms with Crippen molar-refractivity contribution in [2.24, 2.45) is 5.92 Å². The van der Waals surface area contributed by atoms with E-state index in [9.17, 15) is 14.4 Å². The first-order chi connectivity index (χ1) is 23.7. The maximum absolute atomic E-state index is 13.9. The number of benzene rings is 1. The number of para-hydroxylation sites is 1. The number of rotatable bonds is 8. The van der Waals surface area contributed by atoms with Crippen molar-refractivity contribution < 1.29 is 18.9 Å². The topological polar surface area (TPSA) is 177 Å². The summed E-state index contributed by atoms with van der Waals surface area (Å²) in [5.74, 6) is 1.57. The number of amides is 3. The molecule has 1 aliphatic heterocycles. The van der Waals surface area contributed by atoms with Crippen LogP contribution in [0.1, 0.15) is 68.7 Å². The summed E-state index contributed by atoms with van der Waals surface area (Å²) < 4.78 is 7.20. The van der Waals surface area contributed by atoms with Crippen molar-refractivity contribution in [1.82, 2.24) is 50.4 Å². The van der Waals surface area contributed by atoms with E-state index in [-0.39, 0.29) is 42.9 Å². The number of aromatic nitrogens is 7. The molecular weight excluding hydrogens is 624 g/mol. The fourth-order valence-corrected chi connectivity index (χ4v) is 6.21. The molecule has 14 heteroatoms. The van der Waals surface area contributed by atoms with Gasteiger partial charge >= 0.3 is 0 Å². The van der Waals surface area contributed by atoms with Crippen molar-refractivity contribution in [1.29, 1.82) is 0 Å². The van der Waals surface area contributed by atoms with Gasteiger partial charge in [-0.15, -0.1) is 0 Å². The molecule has 1 aliphatic rings. The Morgan fingerprint density at radius 3 is 2.71 bits per heavy atom. The number of hydrogen-bond acceptors (Lipinski definition) is 9. The molecule has 1 aromatic carbocycles. The van der Waals surface area contributed by atoms with E-state index in [1.807, 2.05) is 43.5 Å². The van der Waals surface area contributed by atoms with Gasteiger partial charge in [0.05, 0.1) is 12.6 Å². The van der Waals surface area contributed by atoms with E-state index in [0.717, 1.165) is 22.0 Å². The molecule has 0 aliphatic carbocycles. The molecule has 4 aromatic heterocycles. The van der Waals surface area contributed by atoms with Crippen LogP contribution in [0.3, 0.4) is 0 Å². The summed E-state index contributed by atoms with van der Waals surface area (Å²) in [6.45, 7) is 7.07. The summed E-state index contributed by atoms with van der Waals surface area (Å²) in [5.41, 5.74) is 2.62. The fraction of sp³-hybridized carbons (Fsp3) is 0.429. The second-order valence-corrected chi connectivity index (χ2v) is 12.9. The first-order valence-electron chi connectivity index (χ1n) is 16.8. The van der Waals surface area contributed by atoms with E-state index in [2.05, 4.69) is 49.7 Å². The second kappa shape index (κ2) is 15.2. The van der Waals surface area contributed by atoms with Crippen LogP contribution >= 0.6 is 0 Å². The lowest BCUT2D eigenvalue weighted by atomic mass is 10.0. The van der Waals surface area contributed by atoms with Gasteiger partial charge in [-0.25, -0.2) is 9.67 Å². The van der Waals surface area contributed by atoms with Gasteiger partial charge in [0.2, 0.25) is 29.4 Å². The lowest BCUT2D eigenvalue weighted by Gasteiger charge is -2.27. The Labute approximate surface area is 284 Å². The molecule has 2 atom stereocenters. The molecule has 14 nitrogen and oxygen atoms in total. The van der Waals surface area contributed by atoms with Gasteiger partial charge in [0.1, 0.15) is 17.7 Å². The van der Waals surface area contributed by atoms with Crippen LogP contribution in [0.2, 0.25) is 0 Å². The quantitative estimate of drug-likeness (QED) is 0.223. The van der Waals surface area contributed by atoms with Gasteiger partial charge in [-0.2, -0.15) is 10.1 Å². The van der Waals surface area contributed by atoms with Gasteiger partial charge in [-0.1, -0.05) is 37.2 Å². The SMILES string of the molecule is Cc1nc2n(n1)CCN(C(=O)CCc1nc(-c3cccnc3)no1)CCCC(=O)N[C@H](Cc1c[nH]c3ccccc13)C(=O)N[C@H]2CC(C)C. The summed E-state index contributed by atoms with van der Waals surface area (Å²) in [6, 6.07) is 10.3. The number of pyridine rings is 1. The monoisotopic (exact) mass is 666 g/mol. The highest BCUT2D eigenvalue weighted by atomic mass is 16.5. The predicted molar refractivity (Wildman–Crippen MR) is 181 cm³/mol. The lowest BCUT2D eigenvalue weighted by molar-refractivity contribution is -0.132. The van der Waals surface area contributed by atoms with Crippen molar-refractivity contribution in [3.63, 3.8) is 0 Å². The average molecular weight is 667 g/mol. The van der Waals surface area contributed by atoms with Crippen LogP contribution in [0.15, 0.2) is 59.5 Å². The summed E-state index contributed by atoms with van der Waals surface area (Å²) in [7, 11) is 0. The first-order valence-corrected chi connectivity index (χ1v) is 16.8. The van der Waals surface area contributed by atoms with E-state index in [1.54, 1.807) is 28.0 Å². The number of H-pyrrole nitrogens is 1. The van der Waals surface area contributed by atoms with Crippen molar-refractivity contribution in [3.05, 3.63) is 78.1 Å². The summed E-state index contributed by atoms with van der Waals surface area (Å²) in [6.07, 6.45) is 7.14. The molecule has 3 amide bonds. The summed E-state index contributed by atoms with van der Waals surface area (Å²) in [4.78, 5) is 59.1. The molecule has 256 valence electrons. The fourth-order valence-electron chi connectivity index (χ4n) is 6.21. The number of nitrogens with zero attached hydrogens (tertiary/aromatic N) is 7. The van der Waals surface area contributed by atoms with Crippen LogP contribution < -0.4 is 10.6 Å². The number of aryl methyl sites for hydroxylation is 2. The van der Waals surface area contributed by atoms with Gasteiger partial charge in [0.25, 0.3) is 0 Å². The summed E-state index contributed by atoms with van der Waals surface area (Å²) >= 11 is 0. The molecule has 6 rings (SSSR count). The standard InChI is InChI=1S/C35H42N10O4/c1-22(2)18-28-34-38-23(3)42-45(34)17-16-44(32(47)13-12-31-41-33(43-49-31)24-8-6-14-36-20-24)15-7-11-30(46)39-29(35(48)40-28)19-25-21-37-27-10-5-4-9-26(25)27/h4-6,8-10,14,20-22,28-29,37H,7,11-13,15-19H2,1-3H3,(H,39,46)(H,40,48)/t28-,29+/m0/s1. The molecule has 0 saturated heterocycles. The zero-order valence-electron chi connectivity index (χ0n) is 28.1. The number of nitrogens with one attached hydrogen (secondary N) is 3. The molecule has 0 radical (unpaired) electrons. The average Bonchev–Trinajstić information content (AvgIpc) is 3.83. The number of hydrogen-bond donors (Lipinski definition) is 3. The third kappa shape index (κ3) is 8.37. The van der Waals surface area contributed by atoms with Crippen molar-refractivity contribution in [2.45, 2.75) is 77.9 Å². The molecule has 0 spiro atoms. The van der Waals surface area contributed by atoms with Crippen molar-refractivity contribution >= 4 is 28.6 Å². The highest BCUT2D eigenvalue weighted by molar-refractivity contribution is 5.90. The normalized spacial score (nSPS) is 17.8. The number of fused-ring (bicyclic) bond motifs is 2. The van der Waals surface area contributed by atoms with Crippen LogP contribution in [-0.4, -0.2) is 76.6 Å². The Bertz CT molecular complexity index is 1900. The van der Waals surface area contributed by atoms with Crippen LogP contribution in [0.4, 0.5) is 0 Å². The van der Waals surface area contributed by atoms with Crippen LogP contribution in [-0.2, 0) is 33.8 Å². The van der Waals surface area contributed by atoms with Crippen molar-refractivity contribution in [3.8, 4) is 11.4 Å². The Morgan fingerprint density at radius 2 is 1.90 bits per heavy atom. The Hall–Kier alpha value is -5.40. The maximum Gasteiger partial charge on any atom is 0.243 e. The van der Waals surface area contributed by atoms with Crippen LogP contribution in [0.5, 0.6) is 0 Å². The van der Waals surface area contributed by atoms with Gasteiger partial charge in [0, 0.05) is 73.8 Å². The molecule has 0 saturated carbocycles. The molecule has 49 heavy (non-hydrogen) atoms. The number of carbonyl (C=O) groups is 3. The highest BCUT2D eigenvalue weighted by Gasteiger charge is 2.29. The maximum atomic E-state index is 13.9. The molecule has 0 unspecified atom stereocenters. The Balaban J connectivity index is 1.22. The van der Waals surface area contributed by atoms with Crippen molar-refractivity contribution in [2.75, 3.05) is 13.1 Å². The Morgan fingerprint density at radius 1 is 1.04 bits per heavy atom. The van der Waals surface area contributed by atoms with Gasteiger partial charge in [-0.3, -0.25) is 19.4 Å². The minimum atomic E-state index is -0.814. The van der Waals surface area contributed by atoms with Gasteiger partial charge in [-0.05, 0) is 49.4 Å². The number of carbonyl (C=O) groups excluding carboxylic acids is 3. The minimum Gasteiger partial charge on any atom is -0.361 e. The Kier molecular flexibility index (Phi) is 10.4. The first kappa shape index (κ1) is 33.5. The number of aromatic amines is 1. The van der Waals surface area contributed by atoms with Gasteiger partial charge in [0.15, 0.2) is 0 Å². The molecule has 3 N–H and O–H groups in total. The molecule has 0 bridgehead atoms. The molecular formula is C35H42N10O4. The largest absolute Gasteiger partial charge is 0.361 e. The van der Waals surface area contributed by atoms with Crippen LogP contribution in [0, 0.1) is 12.8 Å². The molecule has 5 heterocycles. The smallest absolute Gasteiger partial charge is 0.243 e. The predicted octanol–water partition coefficient (Wildman–Crippen LogP) is 3.70. The van der Waals surface area contributed by atoms with E-state index < -0.39 is 12.1 Å². The van der Waals surface area contributed by atoms with Crippen LogP contribution in [0.25, 0.3) is 22.3 Å². The third-order valence-electron chi connectivity index (χ3n) is 8.60. The zero-order valence-corrected chi connectivity index (χ0v) is 28.1. The zero-order chi connectivity index (χ0) is 34.3. The van der Waals surface area contributed by atoms with E-state index in [4.69, 9.17) is 9.51 Å². The van der Waals surface area contributed by atoms with E-state index in [0.29, 0.717) is 62.3 Å². The third-order valence-corrected chi connectivity index (χ3v) is 8.60. The highest BCUT2D eigenvalue weighted by Crippen LogP contribution is 2.23. The lowest BCUT2D eigenvalue weighted by Crippen LogP contribution is -2.49. The minimum absolute atomic E-state index is 0.101. The second-order valence-electron chi connectivity index (χ2n) is 12.9. The van der Waals surface area contributed by atoms with E-state index in [1.165, 1.54) is 0 Å². The van der Waals surface area contributed by atoms with Gasteiger partial charge < -0.3 is 25.0 Å². The molecule has 5 aromatic rings.